The van der Waals surface area contributed by atoms with Gasteiger partial charge in [0.05, 0.1) is 66.6 Å². The molecular weight excluding hydrogens is 1840 g/mol. The zero-order valence-corrected chi connectivity index (χ0v) is 76.8. The second-order valence-electron chi connectivity index (χ2n) is 32.6. The van der Waals surface area contributed by atoms with Crippen molar-refractivity contribution < 1.29 is 130 Å². The quantitative estimate of drug-likeness (QED) is 0.0114. The van der Waals surface area contributed by atoms with Gasteiger partial charge in [0.25, 0.3) is 17.7 Å². The third-order valence-corrected chi connectivity index (χ3v) is 25.1. The molecule has 13 aromatic rings. The Morgan fingerprint density at radius 1 is 0.467 bits per heavy atom. The largest absolute Gasteiger partial charge is 1.00 e. The molecule has 9 amide bonds. The van der Waals surface area contributed by atoms with Gasteiger partial charge < -0.3 is 90.7 Å². The van der Waals surface area contributed by atoms with Gasteiger partial charge in [-0.2, -0.15) is 0 Å². The summed E-state index contributed by atoms with van der Waals surface area (Å²) in [6.07, 6.45) is 4.05. The van der Waals surface area contributed by atoms with E-state index in [9.17, 15) is 70.7 Å². The van der Waals surface area contributed by atoms with Crippen molar-refractivity contribution in [1.29, 1.82) is 0 Å². The van der Waals surface area contributed by atoms with E-state index in [1.54, 1.807) is 46.2 Å². The van der Waals surface area contributed by atoms with Crippen molar-refractivity contribution in [2.75, 3.05) is 47.5 Å². The average molecular weight is 1940 g/mol. The molecule has 137 heavy (non-hydrogen) atoms. The molecule has 7 aliphatic rings. The first-order valence-electron chi connectivity index (χ1n) is 43.2. The molecule has 14 N–H and O–H groups in total. The van der Waals surface area contributed by atoms with Crippen LogP contribution >= 0.6 is 15.9 Å². The number of carbonyl (C=O) groups is 12. The van der Waals surface area contributed by atoms with Gasteiger partial charge in [-0.25, -0.2) is 27.6 Å². The Morgan fingerprint density at radius 3 is 1.25 bits per heavy atom. The van der Waals surface area contributed by atoms with Gasteiger partial charge in [-0.3, -0.25) is 63.2 Å². The fourth-order valence-corrected chi connectivity index (χ4v) is 18.0. The van der Waals surface area contributed by atoms with Crippen molar-refractivity contribution in [2.24, 2.45) is 11.5 Å². The standard InChI is InChI=1S/C24H22FN3O4.C23H20FN3O4.C17H17N3O4.C12H12N2O2.C11H12N2O2.C7H6BrF.C4H9NO2.Li.2H2O/c1-32-22(29)10-11-26-23(30)20-12-18-17-4-2-3-5-19(17)27(21(18)14-28(20)24(26)31)13-15-6-8-16(25)9-7-15;24-15-7-5-14(6-8-15)12-26-18-4-2-1-3-16(18)17-11-19-22(30)25(10-9-21(28)29)23(31)27(19)13-20(17)26;1-24-15(21)6-7-19-16(22)14-8-11-10-4-2-3-5-12(10)18-13(11)9-20(14)17(19)23;15-12(16)10-5-8-7-3-1-2-4-9(7)14-11(8)6-13-10;12-9(11(14)15)5-7-6-13-10-4-2-1-3-8(7)10;8-5-6-1-3-7(9)4-2-6;1-7-4(6)2-3-5;;;/h2-9,20H,10-14H2,1H3;1-8,19H,9-13H2,(H,28,29);2-5,14,18H,6-9H2,1H3;1-4,10,13-14H,5-6H2,(H,15,16);1-4,6,9,13H,5,12H2,(H,14,15);1-4H,5H2;2-3,5H2,1H3;;2*1H2/q;;;;;;;+1;;/p-1. The van der Waals surface area contributed by atoms with Crippen LogP contribution < -0.4 is 35.6 Å². The van der Waals surface area contributed by atoms with Crippen LogP contribution in [0.15, 0.2) is 200 Å². The summed E-state index contributed by atoms with van der Waals surface area (Å²) in [7, 11) is 3.91. The molecule has 5 unspecified atom stereocenters. The fourth-order valence-electron chi connectivity index (χ4n) is 17.7. The van der Waals surface area contributed by atoms with E-state index in [1.807, 2.05) is 128 Å². The third kappa shape index (κ3) is 23.1. The number of ether oxygens (including phenoxy) is 3. The molecule has 712 valence electrons. The van der Waals surface area contributed by atoms with Gasteiger partial charge in [-0.05, 0) is 111 Å². The number of nitrogens with zero attached hydrogens (tertiary/aromatic N) is 8. The van der Waals surface area contributed by atoms with Crippen molar-refractivity contribution in [3.8, 4) is 0 Å². The van der Waals surface area contributed by atoms with Crippen LogP contribution in [0.5, 0.6) is 0 Å². The van der Waals surface area contributed by atoms with Crippen LogP contribution in [0.2, 0.25) is 0 Å². The van der Waals surface area contributed by atoms with E-state index in [-0.39, 0.29) is 128 Å². The number of alkyl halides is 1. The van der Waals surface area contributed by atoms with Crippen LogP contribution in [0.3, 0.4) is 0 Å². The molecule has 0 aliphatic carbocycles. The zero-order chi connectivity index (χ0) is 95.3. The maximum atomic E-state index is 13.4. The Kier molecular flexibility index (Phi) is 34.9. The number of nitrogens with one attached hydrogen (secondary N) is 4. The molecule has 12 heterocycles. The summed E-state index contributed by atoms with van der Waals surface area (Å²) >= 11 is 3.26. The van der Waals surface area contributed by atoms with E-state index in [4.69, 9.17) is 26.8 Å². The maximum absolute atomic E-state index is 13.4. The molecule has 39 heteroatoms. The van der Waals surface area contributed by atoms with E-state index in [1.165, 1.54) is 62.6 Å². The number of rotatable bonds is 20. The number of carbonyl (C=O) groups excluding carboxylic acids is 9. The van der Waals surface area contributed by atoms with E-state index < -0.39 is 66.1 Å². The molecule has 5 atom stereocenters. The Morgan fingerprint density at radius 2 is 0.839 bits per heavy atom. The van der Waals surface area contributed by atoms with Crippen molar-refractivity contribution in [3.63, 3.8) is 0 Å². The fraction of sp³-hybridized carbons (Fsp3) is 0.286. The van der Waals surface area contributed by atoms with Crippen molar-refractivity contribution in [3.05, 3.63) is 285 Å². The molecule has 8 aromatic carbocycles. The number of imide groups is 3. The topological polar surface area (TPSA) is 495 Å². The van der Waals surface area contributed by atoms with Crippen LogP contribution in [0, 0.1) is 17.5 Å². The van der Waals surface area contributed by atoms with Gasteiger partial charge in [0.2, 0.25) is 0 Å². The predicted octanol–water partition coefficient (Wildman–Crippen LogP) is 8.11. The second-order valence-corrected chi connectivity index (χ2v) is 33.1. The first kappa shape index (κ1) is 103. The number of para-hydroxylation sites is 5. The number of hydrogen-bond donors (Lipinski definition) is 9. The Balaban J connectivity index is 0.000000160. The first-order valence-corrected chi connectivity index (χ1v) is 44.3. The van der Waals surface area contributed by atoms with Crippen LogP contribution in [0.4, 0.5) is 27.6 Å². The molecule has 0 radical (unpaired) electrons. The Bertz CT molecular complexity index is 6630. The van der Waals surface area contributed by atoms with E-state index in [2.05, 4.69) is 59.5 Å². The number of aromatic amines is 3. The number of aromatic nitrogens is 5. The van der Waals surface area contributed by atoms with E-state index in [0.717, 1.165) is 142 Å². The minimum absolute atomic E-state index is 0. The molecule has 0 bridgehead atoms. The monoisotopic (exact) mass is 1940 g/mol. The second kappa shape index (κ2) is 46.3. The number of urea groups is 3. The summed E-state index contributed by atoms with van der Waals surface area (Å²) < 4.78 is 56.7. The van der Waals surface area contributed by atoms with E-state index in [0.29, 0.717) is 77.8 Å². The number of H-pyrrole nitrogens is 3. The third-order valence-electron chi connectivity index (χ3n) is 24.5. The number of aliphatic carboxylic acids is 3. The average Bonchev–Trinajstić information content (AvgIpc) is 1.57. The summed E-state index contributed by atoms with van der Waals surface area (Å²) in [5, 5.41) is 35.8. The van der Waals surface area contributed by atoms with Gasteiger partial charge in [0.1, 0.15) is 47.7 Å². The number of hydrogen-bond acceptors (Lipinski definition) is 19. The van der Waals surface area contributed by atoms with Crippen molar-refractivity contribution in [1.82, 2.24) is 58.8 Å². The molecule has 5 aromatic heterocycles. The number of benzene rings is 8. The normalized spacial score (nSPS) is 16.4. The molecule has 20 rings (SSSR count). The molecule has 7 aliphatic heterocycles. The predicted molar refractivity (Wildman–Crippen MR) is 497 cm³/mol. The molecule has 0 saturated carbocycles. The number of carboxylic acid groups (broad SMARTS) is 3. The molecular formula is C98H101BrF3LiN14O20. The summed E-state index contributed by atoms with van der Waals surface area (Å²) in [4.78, 5) is 160. The van der Waals surface area contributed by atoms with Crippen LogP contribution in [0.25, 0.3) is 54.5 Å². The number of fused-ring (bicyclic) bond motifs is 16. The summed E-state index contributed by atoms with van der Waals surface area (Å²) in [6.45, 7) is 2.91. The van der Waals surface area contributed by atoms with Gasteiger partial charge in [-0.15, -0.1) is 0 Å². The Labute approximate surface area is 802 Å². The number of carboxylic acids is 3. The smallest absolute Gasteiger partial charge is 0.870 e. The zero-order valence-electron chi connectivity index (χ0n) is 75.2. The number of methoxy groups -OCH3 is 3. The van der Waals surface area contributed by atoms with Crippen LogP contribution in [-0.2, 0) is 134 Å². The van der Waals surface area contributed by atoms with Gasteiger partial charge in [-0.1, -0.05) is 143 Å². The van der Waals surface area contributed by atoms with Crippen LogP contribution in [0.1, 0.15) is 93.0 Å². The number of halogens is 4. The molecule has 3 saturated heterocycles. The summed E-state index contributed by atoms with van der Waals surface area (Å²) in [5.74, 6) is -5.57. The molecule has 0 spiro atoms. The number of esters is 3. The van der Waals surface area contributed by atoms with Gasteiger partial charge in [0, 0.05) is 167 Å². The SMILES string of the molecule is COC(=O)CCN.COC(=O)CCN1C(=O)C2Cc3c([nH]c4ccccc34)CN2C1=O.COC(=O)CCN1C(=O)C2Cc3c(n(Cc4ccc(F)cc4)c4ccccc34)CN2C1=O.Fc1ccc(CBr)cc1.NC(Cc1c[nH]c2ccccc12)C(=O)O.O.O=C(O)C1Cc2c([nH]c3ccccc23)CN1.O=C(O)CCN1C(=O)C2Cc3c(n(Cc4ccc(F)cc4)c4ccccc34)CN2C1=O.[Li+].[OH-]. The number of amides is 9. The minimum atomic E-state index is -1.05. The molecule has 34 nitrogen and oxygen atoms in total. The van der Waals surface area contributed by atoms with E-state index >= 15 is 0 Å². The maximum Gasteiger partial charge on any atom is 1.00 e. The minimum Gasteiger partial charge on any atom is -0.870 e. The molecule has 3 fully saturated rings. The number of nitrogens with two attached hydrogens (primary N) is 2. The van der Waals surface area contributed by atoms with Gasteiger partial charge in [0.15, 0.2) is 0 Å². The van der Waals surface area contributed by atoms with Crippen molar-refractivity contribution in [2.45, 2.75) is 133 Å². The van der Waals surface area contributed by atoms with Crippen molar-refractivity contribution >= 4 is 142 Å². The Hall–Kier alpha value is -14.2. The van der Waals surface area contributed by atoms with Gasteiger partial charge >= 0.3 is 72.8 Å². The first-order chi connectivity index (χ1) is 64.6. The summed E-state index contributed by atoms with van der Waals surface area (Å²) in [6, 6.07) is 54.5. The van der Waals surface area contributed by atoms with Crippen LogP contribution in [-0.4, -0.2) is 229 Å². The summed E-state index contributed by atoms with van der Waals surface area (Å²) in [5.41, 5.74) is 27.9.